The average molecular weight is 437 g/mol. The first-order valence-electron chi connectivity index (χ1n) is 9.40. The number of rotatable bonds is 11. The van der Waals surface area contributed by atoms with Crippen LogP contribution in [-0.2, 0) is 11.2 Å². The molecule has 0 atom stereocenters. The van der Waals surface area contributed by atoms with E-state index in [0.29, 0.717) is 48.0 Å². The van der Waals surface area contributed by atoms with Crippen molar-refractivity contribution >= 4 is 23.2 Å². The third-order valence-electron chi connectivity index (χ3n) is 4.44. The standard InChI is InChI=1S/C21H25ClN2O6/c1-14-11-16(6-7-17(14)22)30-10-4-5-21(25)23-9-8-15-12-19(28-2)20(29-3)13-18(15)24(26)27/h6-7,11-13H,4-5,8-10H2,1-3H3,(H,23,25). The molecule has 0 saturated heterocycles. The van der Waals surface area contributed by atoms with Crippen molar-refractivity contribution < 1.29 is 23.9 Å². The molecule has 8 nitrogen and oxygen atoms in total. The molecule has 0 spiro atoms. The number of hydrogen-bond acceptors (Lipinski definition) is 6. The van der Waals surface area contributed by atoms with Crippen LogP contribution in [0.3, 0.4) is 0 Å². The predicted octanol–water partition coefficient (Wildman–Crippen LogP) is 4.09. The molecule has 0 aliphatic heterocycles. The van der Waals surface area contributed by atoms with Gasteiger partial charge in [0.25, 0.3) is 5.69 Å². The highest BCUT2D eigenvalue weighted by molar-refractivity contribution is 6.31. The summed E-state index contributed by atoms with van der Waals surface area (Å²) in [6, 6.07) is 8.28. The number of nitro benzene ring substituents is 1. The molecule has 0 radical (unpaired) electrons. The maximum atomic E-state index is 12.0. The van der Waals surface area contributed by atoms with Crippen LogP contribution < -0.4 is 19.5 Å². The van der Waals surface area contributed by atoms with E-state index in [9.17, 15) is 14.9 Å². The minimum atomic E-state index is -0.477. The second-order valence-electron chi connectivity index (χ2n) is 6.56. The lowest BCUT2D eigenvalue weighted by molar-refractivity contribution is -0.385. The van der Waals surface area contributed by atoms with Gasteiger partial charge in [-0.05, 0) is 49.6 Å². The van der Waals surface area contributed by atoms with Crippen LogP contribution in [0.2, 0.25) is 5.02 Å². The lowest BCUT2D eigenvalue weighted by atomic mass is 10.1. The molecule has 0 heterocycles. The molecule has 0 fully saturated rings. The highest BCUT2D eigenvalue weighted by Crippen LogP contribution is 2.34. The monoisotopic (exact) mass is 436 g/mol. The molecule has 0 aliphatic rings. The number of benzene rings is 2. The van der Waals surface area contributed by atoms with Crippen molar-refractivity contribution in [1.82, 2.24) is 5.32 Å². The van der Waals surface area contributed by atoms with E-state index < -0.39 is 4.92 Å². The van der Waals surface area contributed by atoms with E-state index >= 15 is 0 Å². The summed E-state index contributed by atoms with van der Waals surface area (Å²) in [4.78, 5) is 22.9. The zero-order valence-corrected chi connectivity index (χ0v) is 18.0. The molecular formula is C21H25ClN2O6. The van der Waals surface area contributed by atoms with Gasteiger partial charge in [-0.25, -0.2) is 0 Å². The molecule has 1 N–H and O–H groups in total. The quantitative estimate of drug-likeness (QED) is 0.323. The van der Waals surface area contributed by atoms with Crippen molar-refractivity contribution in [3.63, 3.8) is 0 Å². The number of nitro groups is 1. The Hall–Kier alpha value is -3.00. The number of ether oxygens (including phenoxy) is 3. The van der Waals surface area contributed by atoms with Gasteiger partial charge in [0.15, 0.2) is 11.5 Å². The second kappa shape index (κ2) is 11.3. The van der Waals surface area contributed by atoms with Crippen molar-refractivity contribution in [3.8, 4) is 17.2 Å². The Kier molecular flexibility index (Phi) is 8.73. The van der Waals surface area contributed by atoms with Crippen LogP contribution in [0.4, 0.5) is 5.69 Å². The molecule has 162 valence electrons. The zero-order chi connectivity index (χ0) is 22.1. The maximum Gasteiger partial charge on any atom is 0.276 e. The largest absolute Gasteiger partial charge is 0.494 e. The number of carbonyl (C=O) groups is 1. The topological polar surface area (TPSA) is 99.9 Å². The SMILES string of the molecule is COc1cc(CCNC(=O)CCCOc2ccc(Cl)c(C)c2)c([N+](=O)[O-])cc1OC. The summed E-state index contributed by atoms with van der Waals surface area (Å²) >= 11 is 5.98. The van der Waals surface area contributed by atoms with E-state index in [-0.39, 0.29) is 23.9 Å². The normalized spacial score (nSPS) is 10.4. The van der Waals surface area contributed by atoms with Crippen molar-refractivity contribution in [2.75, 3.05) is 27.4 Å². The Morgan fingerprint density at radius 3 is 2.50 bits per heavy atom. The van der Waals surface area contributed by atoms with Gasteiger partial charge in [0.05, 0.1) is 31.8 Å². The van der Waals surface area contributed by atoms with Crippen LogP contribution in [-0.4, -0.2) is 38.2 Å². The van der Waals surface area contributed by atoms with E-state index in [4.69, 9.17) is 25.8 Å². The van der Waals surface area contributed by atoms with E-state index in [1.54, 1.807) is 18.2 Å². The minimum Gasteiger partial charge on any atom is -0.494 e. The summed E-state index contributed by atoms with van der Waals surface area (Å²) in [6.45, 7) is 2.56. The van der Waals surface area contributed by atoms with Gasteiger partial charge in [-0.3, -0.25) is 14.9 Å². The molecule has 0 aliphatic carbocycles. The third-order valence-corrected chi connectivity index (χ3v) is 4.87. The average Bonchev–Trinajstić information content (AvgIpc) is 2.73. The van der Waals surface area contributed by atoms with Crippen LogP contribution >= 0.6 is 11.6 Å². The summed E-state index contributed by atoms with van der Waals surface area (Å²) in [5.41, 5.74) is 1.31. The van der Waals surface area contributed by atoms with E-state index in [1.807, 2.05) is 13.0 Å². The summed E-state index contributed by atoms with van der Waals surface area (Å²) < 4.78 is 15.9. The number of methoxy groups -OCH3 is 2. The second-order valence-corrected chi connectivity index (χ2v) is 6.96. The van der Waals surface area contributed by atoms with Crippen LogP contribution in [0.15, 0.2) is 30.3 Å². The van der Waals surface area contributed by atoms with E-state index in [2.05, 4.69) is 5.32 Å². The van der Waals surface area contributed by atoms with Gasteiger partial charge in [0.2, 0.25) is 5.91 Å². The summed E-state index contributed by atoms with van der Waals surface area (Å²) in [6.07, 6.45) is 1.13. The van der Waals surface area contributed by atoms with Gasteiger partial charge in [-0.1, -0.05) is 11.6 Å². The van der Waals surface area contributed by atoms with Gasteiger partial charge >= 0.3 is 0 Å². The first kappa shape index (κ1) is 23.3. The molecule has 30 heavy (non-hydrogen) atoms. The molecular weight excluding hydrogens is 412 g/mol. The Labute approximate surface area is 180 Å². The third kappa shape index (κ3) is 6.52. The lowest BCUT2D eigenvalue weighted by Gasteiger charge is -2.11. The first-order valence-corrected chi connectivity index (χ1v) is 9.78. The zero-order valence-electron chi connectivity index (χ0n) is 17.2. The molecule has 2 rings (SSSR count). The van der Waals surface area contributed by atoms with Gasteiger partial charge in [-0.15, -0.1) is 0 Å². The Bertz CT molecular complexity index is 903. The number of nitrogens with one attached hydrogen (secondary N) is 1. The fraction of sp³-hybridized carbons (Fsp3) is 0.381. The van der Waals surface area contributed by atoms with E-state index in [1.165, 1.54) is 20.3 Å². The van der Waals surface area contributed by atoms with Crippen LogP contribution in [0.5, 0.6) is 17.2 Å². The predicted molar refractivity (Wildman–Crippen MR) is 114 cm³/mol. The fourth-order valence-corrected chi connectivity index (χ4v) is 2.95. The van der Waals surface area contributed by atoms with Crippen molar-refractivity contribution in [1.29, 1.82) is 0 Å². The summed E-state index contributed by atoms with van der Waals surface area (Å²) in [7, 11) is 2.88. The smallest absolute Gasteiger partial charge is 0.276 e. The van der Waals surface area contributed by atoms with Crippen molar-refractivity contribution in [2.45, 2.75) is 26.2 Å². The Balaban J connectivity index is 1.79. The van der Waals surface area contributed by atoms with Crippen molar-refractivity contribution in [3.05, 3.63) is 56.6 Å². The van der Waals surface area contributed by atoms with Gasteiger partial charge < -0.3 is 19.5 Å². The number of halogens is 1. The fourth-order valence-electron chi connectivity index (χ4n) is 2.84. The first-order chi connectivity index (χ1) is 14.3. The highest BCUT2D eigenvalue weighted by Gasteiger charge is 2.19. The summed E-state index contributed by atoms with van der Waals surface area (Å²) in [5.74, 6) is 1.25. The molecule has 0 unspecified atom stereocenters. The number of nitrogens with zero attached hydrogens (tertiary/aromatic N) is 1. The Morgan fingerprint density at radius 2 is 1.87 bits per heavy atom. The van der Waals surface area contributed by atoms with Crippen molar-refractivity contribution in [2.24, 2.45) is 0 Å². The molecule has 2 aromatic carbocycles. The molecule has 0 bridgehead atoms. The van der Waals surface area contributed by atoms with Crippen LogP contribution in [0.1, 0.15) is 24.0 Å². The van der Waals surface area contributed by atoms with Gasteiger partial charge in [-0.2, -0.15) is 0 Å². The number of aryl methyl sites for hydroxylation is 1. The summed E-state index contributed by atoms with van der Waals surface area (Å²) in [5, 5.41) is 14.8. The van der Waals surface area contributed by atoms with E-state index in [0.717, 1.165) is 5.56 Å². The van der Waals surface area contributed by atoms with Crippen LogP contribution in [0.25, 0.3) is 0 Å². The molecule has 0 aromatic heterocycles. The lowest BCUT2D eigenvalue weighted by Crippen LogP contribution is -2.26. The van der Waals surface area contributed by atoms with Gasteiger partial charge in [0.1, 0.15) is 5.75 Å². The molecule has 2 aromatic rings. The molecule has 9 heteroatoms. The number of carbonyl (C=O) groups excluding carboxylic acids is 1. The Morgan fingerprint density at radius 1 is 1.17 bits per heavy atom. The van der Waals surface area contributed by atoms with Crippen LogP contribution in [0, 0.1) is 17.0 Å². The maximum absolute atomic E-state index is 12.0. The molecule has 1 amide bonds. The minimum absolute atomic E-state index is 0.0754. The molecule has 0 saturated carbocycles. The van der Waals surface area contributed by atoms with Gasteiger partial charge in [0, 0.05) is 23.6 Å². The number of hydrogen-bond donors (Lipinski definition) is 1. The number of amides is 1. The highest BCUT2D eigenvalue weighted by atomic mass is 35.5.